The monoisotopic (exact) mass is 910 g/mol. The molecule has 0 aliphatic carbocycles. The van der Waals surface area contributed by atoms with Crippen molar-refractivity contribution in [1.82, 2.24) is 59.9 Å². The molecule has 2 atom stereocenters. The van der Waals surface area contributed by atoms with Crippen LogP contribution in [0.1, 0.15) is 88.8 Å². The van der Waals surface area contributed by atoms with Crippen molar-refractivity contribution in [2.24, 2.45) is 0 Å². The number of halogens is 3. The first-order valence-electron chi connectivity index (χ1n) is 19.3. The highest BCUT2D eigenvalue weighted by molar-refractivity contribution is 7.19. The van der Waals surface area contributed by atoms with Crippen LogP contribution >= 0.6 is 35.1 Å². The fourth-order valence-corrected chi connectivity index (χ4v) is 8.05. The summed E-state index contributed by atoms with van der Waals surface area (Å²) in [6, 6.07) is 2.12. The van der Waals surface area contributed by atoms with Gasteiger partial charge in [-0.25, -0.2) is 33.5 Å². The maximum atomic E-state index is 13.6. The molecule has 0 saturated carbocycles. The van der Waals surface area contributed by atoms with E-state index in [4.69, 9.17) is 4.74 Å². The molecular formula is C39H45ClF2N14O4S2. The molecule has 23 heteroatoms. The van der Waals surface area contributed by atoms with Crippen LogP contribution in [-0.2, 0) is 4.74 Å². The van der Waals surface area contributed by atoms with E-state index in [-0.39, 0.29) is 60.6 Å². The molecule has 328 valence electrons. The number of amides is 3. The maximum Gasteiger partial charge on any atom is 0.411 e. The smallest absolute Gasteiger partial charge is 0.411 e. The first-order chi connectivity index (χ1) is 29.0. The molecule has 2 aliphatic heterocycles. The van der Waals surface area contributed by atoms with E-state index in [0.717, 1.165) is 29.0 Å². The lowest BCUT2D eigenvalue weighted by atomic mass is 10.1. The zero-order chi connectivity index (χ0) is 43.6. The molecule has 0 radical (unpaired) electrons. The predicted octanol–water partition coefficient (Wildman–Crippen LogP) is 6.28. The Morgan fingerprint density at radius 3 is 1.66 bits per heavy atom. The van der Waals surface area contributed by atoms with Gasteiger partial charge in [0.25, 0.3) is 11.8 Å². The molecule has 2 fully saturated rings. The van der Waals surface area contributed by atoms with Crippen LogP contribution in [0.5, 0.6) is 0 Å². The molecule has 8 heterocycles. The summed E-state index contributed by atoms with van der Waals surface area (Å²) in [7, 11) is 0. The average Bonchev–Trinajstić information content (AvgIpc) is 4.03. The van der Waals surface area contributed by atoms with Gasteiger partial charge in [0.1, 0.15) is 26.6 Å². The number of hydrogen-bond acceptors (Lipinski definition) is 17. The number of nitrogens with zero attached hydrogens (tertiary/aromatic N) is 11. The molecule has 0 aromatic carbocycles. The van der Waals surface area contributed by atoms with E-state index >= 15 is 0 Å². The lowest BCUT2D eigenvalue weighted by molar-refractivity contribution is 0.0265. The third-order valence-electron chi connectivity index (χ3n) is 9.34. The van der Waals surface area contributed by atoms with Crippen LogP contribution in [0.3, 0.4) is 0 Å². The van der Waals surface area contributed by atoms with Gasteiger partial charge in [-0.2, -0.15) is 9.97 Å². The normalized spacial score (nSPS) is 14.9. The Bertz CT molecular complexity index is 2600. The van der Waals surface area contributed by atoms with Crippen molar-refractivity contribution in [3.63, 3.8) is 0 Å². The number of aromatic nitrogens is 8. The first kappa shape index (κ1) is 45.7. The minimum atomic E-state index is -0.623. The number of fused-ring (bicyclic) bond motifs is 2. The van der Waals surface area contributed by atoms with Crippen LogP contribution in [-0.4, -0.2) is 118 Å². The Kier molecular flexibility index (Phi) is 14.0. The van der Waals surface area contributed by atoms with Gasteiger partial charge in [-0.1, -0.05) is 0 Å². The van der Waals surface area contributed by atoms with Gasteiger partial charge in [-0.3, -0.25) is 29.8 Å². The maximum absolute atomic E-state index is 13.6. The summed E-state index contributed by atoms with van der Waals surface area (Å²) >= 11 is 2.73. The Morgan fingerprint density at radius 1 is 0.726 bits per heavy atom. The average molecular weight is 911 g/mol. The summed E-state index contributed by atoms with van der Waals surface area (Å²) in [5, 5.41) is 10.9. The lowest BCUT2D eigenvalue weighted by Crippen LogP contribution is -2.37. The van der Waals surface area contributed by atoms with Crippen molar-refractivity contribution in [2.75, 3.05) is 50.1 Å². The first-order valence-corrected chi connectivity index (χ1v) is 21.0. The minimum absolute atomic E-state index is 0. The molecule has 0 unspecified atom stereocenters. The predicted molar refractivity (Wildman–Crippen MR) is 232 cm³/mol. The molecule has 6 aromatic heterocycles. The van der Waals surface area contributed by atoms with Crippen molar-refractivity contribution < 1.29 is 27.9 Å². The molecular weight excluding hydrogens is 866 g/mol. The Hall–Kier alpha value is -5.84. The van der Waals surface area contributed by atoms with Crippen LogP contribution in [0.4, 0.5) is 25.5 Å². The summed E-state index contributed by atoms with van der Waals surface area (Å²) in [6.45, 7) is 15.5. The number of pyridine rings is 2. The van der Waals surface area contributed by atoms with Gasteiger partial charge in [0, 0.05) is 38.6 Å². The molecule has 2 saturated heterocycles. The van der Waals surface area contributed by atoms with Crippen molar-refractivity contribution >= 4 is 85.6 Å². The van der Waals surface area contributed by atoms with E-state index in [0.29, 0.717) is 63.8 Å². The minimum Gasteiger partial charge on any atom is -0.444 e. The number of rotatable bonds is 8. The molecule has 18 nitrogen and oxygen atoms in total. The standard InChI is InChI=1S/C22H26FN7O3S.C17H18FN7OS.ClH/c1-12(14-8-15(23)10-24-9-14)25-20-27-16(17-18(28-20)26-13(2)34-17)19(31)29-6-7-30(11-29)21(32)33-22(3,4)5;1-9(11-5-12(18)7-20-6-11)21-17-23-13(16(26)25-4-3-19-8-25)14-15(24-17)22-10(2)27-14;/h8-10,12H,6-7,11H2,1-5H3,(H,25,27,28);5-7,9,19H,3-4,8H2,1-2H3,(H,21,23,24);1H/t12-;9-;/m00./s1. The van der Waals surface area contributed by atoms with Gasteiger partial charge in [0.2, 0.25) is 11.9 Å². The summed E-state index contributed by atoms with van der Waals surface area (Å²) in [5.74, 6) is -0.868. The second kappa shape index (κ2) is 19.1. The second-order valence-corrected chi connectivity index (χ2v) is 17.8. The number of thiazole rings is 2. The van der Waals surface area contributed by atoms with Crippen LogP contribution in [0, 0.1) is 25.5 Å². The number of nitrogens with one attached hydrogen (secondary N) is 3. The molecule has 3 amide bonds. The quantitative estimate of drug-likeness (QED) is 0.154. The van der Waals surface area contributed by atoms with E-state index in [2.05, 4.69) is 55.8 Å². The van der Waals surface area contributed by atoms with Gasteiger partial charge >= 0.3 is 6.09 Å². The number of carbonyl (C=O) groups is 3. The molecule has 0 spiro atoms. The Balaban J connectivity index is 0.000000209. The second-order valence-electron chi connectivity index (χ2n) is 15.3. The molecule has 62 heavy (non-hydrogen) atoms. The van der Waals surface area contributed by atoms with Gasteiger partial charge in [-0.05, 0) is 71.7 Å². The van der Waals surface area contributed by atoms with Gasteiger partial charge in [0.15, 0.2) is 22.7 Å². The topological polar surface area (TPSA) is 209 Å². The summed E-state index contributed by atoms with van der Waals surface area (Å²) in [4.78, 5) is 77.9. The SMILES string of the molecule is Cc1nc2nc(N[C@@H](C)c3cncc(F)c3)nc(C(=O)N3CCN(C(=O)OC(C)(C)C)C3)c2s1.Cc1nc2nc(N[C@@H](C)c3cncc(F)c3)nc(C(=O)N3CCNC3)c2s1.Cl. The van der Waals surface area contributed by atoms with E-state index < -0.39 is 23.3 Å². The number of anilines is 2. The fourth-order valence-electron chi connectivity index (χ4n) is 6.37. The highest BCUT2D eigenvalue weighted by atomic mass is 35.5. The van der Waals surface area contributed by atoms with E-state index in [9.17, 15) is 23.2 Å². The van der Waals surface area contributed by atoms with Crippen LogP contribution in [0.25, 0.3) is 20.7 Å². The zero-order valence-corrected chi connectivity index (χ0v) is 37.3. The number of carbonyl (C=O) groups excluding carboxylic acids is 3. The van der Waals surface area contributed by atoms with E-state index in [1.165, 1.54) is 39.7 Å². The van der Waals surface area contributed by atoms with Crippen LogP contribution in [0.2, 0.25) is 0 Å². The highest BCUT2D eigenvalue weighted by Crippen LogP contribution is 2.29. The van der Waals surface area contributed by atoms with Crippen molar-refractivity contribution in [1.29, 1.82) is 0 Å². The lowest BCUT2D eigenvalue weighted by Gasteiger charge is -2.24. The third-order valence-corrected chi connectivity index (χ3v) is 11.3. The summed E-state index contributed by atoms with van der Waals surface area (Å²) in [5.41, 5.74) is 2.06. The van der Waals surface area contributed by atoms with Gasteiger partial charge in [-0.15, -0.1) is 35.1 Å². The van der Waals surface area contributed by atoms with E-state index in [1.54, 1.807) is 43.0 Å². The van der Waals surface area contributed by atoms with Crippen molar-refractivity contribution in [2.45, 2.75) is 66.2 Å². The number of aryl methyl sites for hydroxylation is 2. The number of hydrogen-bond donors (Lipinski definition) is 3. The molecule has 8 rings (SSSR count). The largest absolute Gasteiger partial charge is 0.444 e. The highest BCUT2D eigenvalue weighted by Gasteiger charge is 2.33. The molecule has 3 N–H and O–H groups in total. The Labute approximate surface area is 369 Å². The van der Waals surface area contributed by atoms with Crippen LogP contribution < -0.4 is 16.0 Å². The summed E-state index contributed by atoms with van der Waals surface area (Å²) in [6.07, 6.45) is 4.94. The van der Waals surface area contributed by atoms with Crippen molar-refractivity contribution in [3.8, 4) is 0 Å². The molecule has 2 aliphatic rings. The van der Waals surface area contributed by atoms with E-state index in [1.807, 2.05) is 27.7 Å². The van der Waals surface area contributed by atoms with Crippen molar-refractivity contribution in [3.05, 3.63) is 81.1 Å². The van der Waals surface area contributed by atoms with Crippen LogP contribution in [0.15, 0.2) is 36.9 Å². The molecule has 6 aromatic rings. The zero-order valence-electron chi connectivity index (χ0n) is 34.9. The van der Waals surface area contributed by atoms with Gasteiger partial charge in [0.05, 0.1) is 47.8 Å². The summed E-state index contributed by atoms with van der Waals surface area (Å²) < 4.78 is 33.7. The Morgan fingerprint density at radius 2 is 1.21 bits per heavy atom. The number of ether oxygens (including phenoxy) is 1. The third kappa shape index (κ3) is 10.8. The fraction of sp³-hybridized carbons (Fsp3) is 0.410. The van der Waals surface area contributed by atoms with Gasteiger partial charge < -0.3 is 25.2 Å². The molecule has 0 bridgehead atoms.